The quantitative estimate of drug-likeness (QED) is 0.525. The smallest absolute Gasteiger partial charge is 0.328 e. The monoisotopic (exact) mass is 417 g/mol. The highest BCUT2D eigenvalue weighted by Gasteiger charge is 2.50. The van der Waals surface area contributed by atoms with Crippen molar-refractivity contribution in [2.45, 2.75) is 103 Å². The summed E-state index contributed by atoms with van der Waals surface area (Å²) in [7, 11) is -2.25. The number of piperidine rings is 2. The van der Waals surface area contributed by atoms with Crippen molar-refractivity contribution in [1.82, 2.24) is 9.80 Å². The molecule has 0 unspecified atom stereocenters. The molecule has 2 saturated heterocycles. The second-order valence-electron chi connectivity index (χ2n) is 8.36. The van der Waals surface area contributed by atoms with Gasteiger partial charge in [0, 0.05) is 42.8 Å². The van der Waals surface area contributed by atoms with Gasteiger partial charge in [-0.2, -0.15) is 0 Å². The van der Waals surface area contributed by atoms with Gasteiger partial charge in [0.2, 0.25) is 0 Å². The molecule has 0 aromatic rings. The van der Waals surface area contributed by atoms with Crippen LogP contribution in [0.4, 0.5) is 0 Å². The molecule has 2 fully saturated rings. The summed E-state index contributed by atoms with van der Waals surface area (Å²) in [6.07, 6.45) is 6.88. The lowest BCUT2D eigenvalue weighted by atomic mass is 9.99. The molecule has 2 rings (SSSR count). The highest BCUT2D eigenvalue weighted by molar-refractivity contribution is 7.33. The third kappa shape index (κ3) is 5.51. The highest BCUT2D eigenvalue weighted by atomic mass is 31.1. The molecule has 2 aliphatic heterocycles. The van der Waals surface area contributed by atoms with Crippen molar-refractivity contribution in [2.75, 3.05) is 26.2 Å². The standard InChI is InChI=1S/C20H42N4O3P/c1-5-19(6-2,23-13-9-17(21)10-14-23)26-28(25)27-20(7-3,8-4)24-15-11-18(22)12-16-24/h17-18H,5-16,21-22H2,1-4H3/q+1. The van der Waals surface area contributed by atoms with E-state index in [0.29, 0.717) is 0 Å². The van der Waals surface area contributed by atoms with E-state index in [9.17, 15) is 4.57 Å². The van der Waals surface area contributed by atoms with Crippen LogP contribution in [0.3, 0.4) is 0 Å². The Balaban J connectivity index is 2.08. The third-order valence-corrected chi connectivity index (χ3v) is 7.91. The predicted octanol–water partition coefficient (Wildman–Crippen LogP) is 3.56. The molecule has 164 valence electrons. The Kier molecular flexibility index (Phi) is 9.27. The van der Waals surface area contributed by atoms with Crippen molar-refractivity contribution in [2.24, 2.45) is 11.5 Å². The molecule has 0 aromatic heterocycles. The van der Waals surface area contributed by atoms with Gasteiger partial charge in [-0.05, 0) is 51.4 Å². The Hall–Kier alpha value is -0.140. The minimum atomic E-state index is -2.25. The zero-order valence-corrected chi connectivity index (χ0v) is 19.3. The number of nitrogens with zero attached hydrogens (tertiary/aromatic N) is 2. The van der Waals surface area contributed by atoms with Crippen molar-refractivity contribution >= 4 is 8.25 Å². The normalized spacial score (nSPS) is 21.9. The van der Waals surface area contributed by atoms with Crippen molar-refractivity contribution in [3.05, 3.63) is 0 Å². The average Bonchev–Trinajstić information content (AvgIpc) is 2.72. The van der Waals surface area contributed by atoms with E-state index < -0.39 is 19.7 Å². The van der Waals surface area contributed by atoms with Crippen molar-refractivity contribution < 1.29 is 13.6 Å². The Bertz CT molecular complexity index is 442. The molecular formula is C20H42N4O3P+. The van der Waals surface area contributed by atoms with E-state index in [4.69, 9.17) is 20.5 Å². The summed E-state index contributed by atoms with van der Waals surface area (Å²) in [6, 6.07) is 0.511. The molecule has 0 bridgehead atoms. The van der Waals surface area contributed by atoms with Gasteiger partial charge in [0.15, 0.2) is 11.4 Å². The molecule has 0 aliphatic carbocycles. The summed E-state index contributed by atoms with van der Waals surface area (Å²) in [5, 5.41) is 0. The summed E-state index contributed by atoms with van der Waals surface area (Å²) >= 11 is 0. The summed E-state index contributed by atoms with van der Waals surface area (Å²) < 4.78 is 25.5. The van der Waals surface area contributed by atoms with Gasteiger partial charge >= 0.3 is 8.25 Å². The molecule has 4 N–H and O–H groups in total. The average molecular weight is 418 g/mol. The first-order chi connectivity index (χ1) is 13.3. The number of likely N-dealkylation sites (tertiary alicyclic amines) is 2. The molecule has 0 amide bonds. The van der Waals surface area contributed by atoms with Crippen LogP contribution in [-0.4, -0.2) is 59.5 Å². The van der Waals surface area contributed by atoms with Crippen LogP contribution in [0.15, 0.2) is 0 Å². The van der Waals surface area contributed by atoms with Gasteiger partial charge in [0.25, 0.3) is 0 Å². The van der Waals surface area contributed by atoms with Crippen LogP contribution in [0.2, 0.25) is 0 Å². The summed E-state index contributed by atoms with van der Waals surface area (Å²) in [5.41, 5.74) is 11.0. The van der Waals surface area contributed by atoms with Crippen LogP contribution in [0.25, 0.3) is 0 Å². The molecule has 0 aromatic carbocycles. The van der Waals surface area contributed by atoms with E-state index in [1.165, 1.54) is 0 Å². The van der Waals surface area contributed by atoms with Crippen LogP contribution < -0.4 is 11.5 Å². The molecule has 0 atom stereocenters. The van der Waals surface area contributed by atoms with Crippen molar-refractivity contribution in [1.29, 1.82) is 0 Å². The van der Waals surface area contributed by atoms with Crippen LogP contribution in [-0.2, 0) is 13.6 Å². The van der Waals surface area contributed by atoms with E-state index in [1.54, 1.807) is 0 Å². The van der Waals surface area contributed by atoms with E-state index >= 15 is 0 Å². The number of nitrogens with two attached hydrogens (primary N) is 2. The molecule has 0 saturated carbocycles. The van der Waals surface area contributed by atoms with E-state index in [1.807, 2.05) is 0 Å². The maximum absolute atomic E-state index is 13.1. The molecule has 2 heterocycles. The van der Waals surface area contributed by atoms with Crippen LogP contribution >= 0.6 is 8.25 Å². The van der Waals surface area contributed by atoms with Crippen LogP contribution in [0.5, 0.6) is 0 Å². The number of hydrogen-bond donors (Lipinski definition) is 2. The molecule has 0 radical (unpaired) electrons. The lowest BCUT2D eigenvalue weighted by Gasteiger charge is -2.43. The fraction of sp³-hybridized carbons (Fsp3) is 1.00. The fourth-order valence-electron chi connectivity index (χ4n) is 4.68. The van der Waals surface area contributed by atoms with Gasteiger partial charge in [0.05, 0.1) is 0 Å². The molecule has 0 spiro atoms. The van der Waals surface area contributed by atoms with Crippen molar-refractivity contribution in [3.8, 4) is 0 Å². The lowest BCUT2D eigenvalue weighted by Crippen LogP contribution is -2.55. The van der Waals surface area contributed by atoms with Gasteiger partial charge in [-0.3, -0.25) is 9.80 Å². The highest BCUT2D eigenvalue weighted by Crippen LogP contribution is 2.44. The second-order valence-corrected chi connectivity index (χ2v) is 9.17. The molecule has 8 heteroatoms. The zero-order chi connectivity index (χ0) is 20.8. The minimum absolute atomic E-state index is 0.256. The van der Waals surface area contributed by atoms with Gasteiger partial charge in [0.1, 0.15) is 0 Å². The first kappa shape index (κ1) is 24.1. The maximum atomic E-state index is 13.1. The topological polar surface area (TPSA) is 94.0 Å². The molecule has 2 aliphatic rings. The zero-order valence-electron chi connectivity index (χ0n) is 18.4. The summed E-state index contributed by atoms with van der Waals surface area (Å²) in [6.45, 7) is 11.9. The lowest BCUT2D eigenvalue weighted by molar-refractivity contribution is -0.136. The maximum Gasteiger partial charge on any atom is 0.701 e. The summed E-state index contributed by atoms with van der Waals surface area (Å²) in [4.78, 5) is 4.62. The Morgan fingerprint density at radius 2 is 1.04 bits per heavy atom. The third-order valence-electron chi connectivity index (χ3n) is 6.93. The van der Waals surface area contributed by atoms with Gasteiger partial charge in [-0.15, -0.1) is 0 Å². The number of hydrogen-bond acceptors (Lipinski definition) is 7. The van der Waals surface area contributed by atoms with Gasteiger partial charge in [-0.25, -0.2) is 0 Å². The van der Waals surface area contributed by atoms with Gasteiger partial charge < -0.3 is 11.5 Å². The largest absolute Gasteiger partial charge is 0.701 e. The van der Waals surface area contributed by atoms with Crippen LogP contribution in [0, 0.1) is 0 Å². The molecule has 28 heavy (non-hydrogen) atoms. The Labute approximate surface area is 172 Å². The SMILES string of the molecule is CCC(CC)(O[P+](=O)OC(CC)(CC)N1CCC(N)CC1)N1CCC(N)CC1. The Morgan fingerprint density at radius 3 is 1.29 bits per heavy atom. The van der Waals surface area contributed by atoms with Gasteiger partial charge in [-0.1, -0.05) is 36.7 Å². The Morgan fingerprint density at radius 1 is 0.750 bits per heavy atom. The fourth-order valence-corrected chi connectivity index (χ4v) is 6.02. The summed E-state index contributed by atoms with van der Waals surface area (Å²) in [5.74, 6) is 0. The van der Waals surface area contributed by atoms with E-state index in [2.05, 4.69) is 37.5 Å². The second kappa shape index (κ2) is 10.8. The van der Waals surface area contributed by atoms with E-state index in [0.717, 1.165) is 77.5 Å². The molecular weight excluding hydrogens is 375 g/mol. The first-order valence-electron chi connectivity index (χ1n) is 11.2. The number of rotatable bonds is 10. The predicted molar refractivity (Wildman–Crippen MR) is 114 cm³/mol. The minimum Gasteiger partial charge on any atom is -0.328 e. The first-order valence-corrected chi connectivity index (χ1v) is 12.3. The molecule has 7 nitrogen and oxygen atoms in total. The van der Waals surface area contributed by atoms with Crippen molar-refractivity contribution in [3.63, 3.8) is 0 Å². The van der Waals surface area contributed by atoms with Crippen LogP contribution in [0.1, 0.15) is 79.1 Å². The van der Waals surface area contributed by atoms with E-state index in [-0.39, 0.29) is 12.1 Å².